The van der Waals surface area contributed by atoms with Gasteiger partial charge in [-0.3, -0.25) is 0 Å². The summed E-state index contributed by atoms with van der Waals surface area (Å²) in [5.74, 6) is 0.107. The van der Waals surface area contributed by atoms with E-state index in [1.165, 1.54) is 0 Å². The summed E-state index contributed by atoms with van der Waals surface area (Å²) in [4.78, 5) is 7.87. The van der Waals surface area contributed by atoms with Crippen LogP contribution in [0.25, 0.3) is 22.2 Å². The summed E-state index contributed by atoms with van der Waals surface area (Å²) in [6.45, 7) is 0. The van der Waals surface area contributed by atoms with Crippen LogP contribution in [0.1, 0.15) is 5.56 Å². The number of hydrogen-bond acceptors (Lipinski definition) is 6. The first-order valence-electron chi connectivity index (χ1n) is 5.50. The maximum absolute atomic E-state index is 9.15. The normalized spacial score (nSPS) is 10.5. The van der Waals surface area contributed by atoms with E-state index in [1.54, 1.807) is 12.3 Å². The third-order valence-corrected chi connectivity index (χ3v) is 2.80. The lowest BCUT2D eigenvalue weighted by Gasteiger charge is -2.06. The summed E-state index contributed by atoms with van der Waals surface area (Å²) in [6, 6.07) is 9.35. The summed E-state index contributed by atoms with van der Waals surface area (Å²) in [5, 5.41) is 10.1. The highest BCUT2D eigenvalue weighted by molar-refractivity contribution is 5.84. The smallest absolute Gasteiger partial charge is 0.222 e. The topological polar surface area (TPSA) is 115 Å². The lowest BCUT2D eigenvalue weighted by Crippen LogP contribution is -2.04. The minimum Gasteiger partial charge on any atom is -0.464 e. The van der Waals surface area contributed by atoms with Gasteiger partial charge in [-0.2, -0.15) is 10.2 Å². The third-order valence-electron chi connectivity index (χ3n) is 2.80. The molecule has 0 spiro atoms. The number of hydrogen-bond donors (Lipinski definition) is 2. The van der Waals surface area contributed by atoms with Gasteiger partial charge in [0.15, 0.2) is 0 Å². The van der Waals surface area contributed by atoms with E-state index in [4.69, 9.17) is 21.1 Å². The van der Waals surface area contributed by atoms with Crippen molar-refractivity contribution in [2.24, 2.45) is 0 Å². The van der Waals surface area contributed by atoms with Crippen molar-refractivity contribution >= 4 is 22.7 Å². The summed E-state index contributed by atoms with van der Waals surface area (Å²) in [6.07, 6.45) is 1.60. The van der Waals surface area contributed by atoms with Crippen molar-refractivity contribution in [3.8, 4) is 17.3 Å². The van der Waals surface area contributed by atoms with E-state index in [0.717, 1.165) is 5.39 Å². The molecule has 2 aromatic heterocycles. The molecule has 0 aliphatic heterocycles. The number of nitrogens with zero attached hydrogens (tertiary/aromatic N) is 3. The van der Waals surface area contributed by atoms with Gasteiger partial charge in [-0.1, -0.05) is 12.1 Å². The molecular weight excluding hydrogens is 242 g/mol. The van der Waals surface area contributed by atoms with Gasteiger partial charge in [0.25, 0.3) is 0 Å². The zero-order valence-corrected chi connectivity index (χ0v) is 9.79. The van der Waals surface area contributed by atoms with Crippen LogP contribution in [0.4, 0.5) is 11.8 Å². The van der Waals surface area contributed by atoms with Crippen LogP contribution in [-0.2, 0) is 0 Å². The van der Waals surface area contributed by atoms with Crippen LogP contribution < -0.4 is 11.5 Å². The molecule has 19 heavy (non-hydrogen) atoms. The summed E-state index contributed by atoms with van der Waals surface area (Å²) >= 11 is 0. The number of fused-ring (bicyclic) bond motifs is 1. The minimum atomic E-state index is 0.0334. The average Bonchev–Trinajstić information content (AvgIpc) is 2.85. The number of nitrogen functional groups attached to an aromatic ring is 2. The van der Waals surface area contributed by atoms with Crippen molar-refractivity contribution < 1.29 is 4.42 Å². The monoisotopic (exact) mass is 251 g/mol. The van der Waals surface area contributed by atoms with Gasteiger partial charge in [0.2, 0.25) is 5.95 Å². The SMILES string of the molecule is N#Cc1c(N)nc(N)nc1-c1ccc2ccoc2c1. The van der Waals surface area contributed by atoms with Crippen molar-refractivity contribution in [3.63, 3.8) is 0 Å². The highest BCUT2D eigenvalue weighted by Gasteiger charge is 2.13. The van der Waals surface area contributed by atoms with Crippen molar-refractivity contribution in [2.75, 3.05) is 11.5 Å². The summed E-state index contributed by atoms with van der Waals surface area (Å²) in [7, 11) is 0. The minimum absolute atomic E-state index is 0.0334. The van der Waals surface area contributed by atoms with E-state index < -0.39 is 0 Å². The average molecular weight is 251 g/mol. The molecule has 0 atom stereocenters. The number of rotatable bonds is 1. The molecule has 6 heteroatoms. The predicted octanol–water partition coefficient (Wildman–Crippen LogP) is 1.93. The van der Waals surface area contributed by atoms with Gasteiger partial charge in [0.05, 0.1) is 12.0 Å². The second-order valence-corrected chi connectivity index (χ2v) is 3.98. The summed E-state index contributed by atoms with van der Waals surface area (Å²) in [5.41, 5.74) is 13.3. The van der Waals surface area contributed by atoms with Gasteiger partial charge in [-0.15, -0.1) is 0 Å². The molecular formula is C13H9N5O. The fourth-order valence-corrected chi connectivity index (χ4v) is 1.92. The number of aromatic nitrogens is 2. The summed E-state index contributed by atoms with van der Waals surface area (Å²) < 4.78 is 5.33. The number of nitriles is 1. The van der Waals surface area contributed by atoms with Gasteiger partial charge in [-0.05, 0) is 12.1 Å². The Morgan fingerprint density at radius 1 is 1.16 bits per heavy atom. The standard InChI is InChI=1S/C13H9N5O/c14-6-9-11(17-13(16)18-12(9)15)8-2-1-7-3-4-19-10(7)5-8/h1-5H,(H4,15,16,17,18). The Morgan fingerprint density at radius 2 is 2.00 bits per heavy atom. The molecule has 0 saturated carbocycles. The molecule has 6 nitrogen and oxygen atoms in total. The van der Waals surface area contributed by atoms with Crippen LogP contribution in [0, 0.1) is 11.3 Å². The van der Waals surface area contributed by atoms with Crippen LogP contribution in [0.15, 0.2) is 34.9 Å². The molecule has 0 amide bonds. The molecule has 0 fully saturated rings. The predicted molar refractivity (Wildman–Crippen MR) is 70.8 cm³/mol. The number of benzene rings is 1. The van der Waals surface area contributed by atoms with E-state index in [2.05, 4.69) is 9.97 Å². The van der Waals surface area contributed by atoms with Crippen molar-refractivity contribution in [2.45, 2.75) is 0 Å². The maximum Gasteiger partial charge on any atom is 0.222 e. The second kappa shape index (κ2) is 3.99. The molecule has 0 saturated heterocycles. The molecule has 0 radical (unpaired) electrons. The van der Waals surface area contributed by atoms with Crippen molar-refractivity contribution in [1.29, 1.82) is 5.26 Å². The van der Waals surface area contributed by atoms with Gasteiger partial charge < -0.3 is 15.9 Å². The molecule has 0 bridgehead atoms. The first-order valence-corrected chi connectivity index (χ1v) is 5.50. The van der Waals surface area contributed by atoms with Crippen LogP contribution in [0.3, 0.4) is 0 Å². The van der Waals surface area contributed by atoms with E-state index >= 15 is 0 Å². The zero-order chi connectivity index (χ0) is 13.4. The molecule has 3 aromatic rings. The quantitative estimate of drug-likeness (QED) is 0.682. The lowest BCUT2D eigenvalue weighted by atomic mass is 10.1. The number of nitrogens with two attached hydrogens (primary N) is 2. The van der Waals surface area contributed by atoms with E-state index in [0.29, 0.717) is 16.8 Å². The number of furan rings is 1. The van der Waals surface area contributed by atoms with Crippen LogP contribution >= 0.6 is 0 Å². The maximum atomic E-state index is 9.15. The highest BCUT2D eigenvalue weighted by atomic mass is 16.3. The second-order valence-electron chi connectivity index (χ2n) is 3.98. The van der Waals surface area contributed by atoms with Gasteiger partial charge in [0, 0.05) is 10.9 Å². The molecule has 0 aliphatic rings. The Labute approximate surface area is 108 Å². The van der Waals surface area contributed by atoms with Crippen molar-refractivity contribution in [1.82, 2.24) is 9.97 Å². The largest absolute Gasteiger partial charge is 0.464 e. The molecule has 1 aromatic carbocycles. The molecule has 92 valence electrons. The molecule has 2 heterocycles. The highest BCUT2D eigenvalue weighted by Crippen LogP contribution is 2.28. The Hall–Kier alpha value is -3.07. The lowest BCUT2D eigenvalue weighted by molar-refractivity contribution is 0.616. The van der Waals surface area contributed by atoms with Crippen molar-refractivity contribution in [3.05, 3.63) is 36.1 Å². The fraction of sp³-hybridized carbons (Fsp3) is 0. The van der Waals surface area contributed by atoms with Gasteiger partial charge in [-0.25, -0.2) is 4.98 Å². The van der Waals surface area contributed by atoms with Gasteiger partial charge >= 0.3 is 0 Å². The third kappa shape index (κ3) is 1.73. The fourth-order valence-electron chi connectivity index (χ4n) is 1.92. The van der Waals surface area contributed by atoms with E-state index in [9.17, 15) is 0 Å². The van der Waals surface area contributed by atoms with Gasteiger partial charge in [0.1, 0.15) is 23.0 Å². The Morgan fingerprint density at radius 3 is 2.79 bits per heavy atom. The first-order chi connectivity index (χ1) is 9.19. The molecule has 3 rings (SSSR count). The van der Waals surface area contributed by atoms with Crippen LogP contribution in [0.2, 0.25) is 0 Å². The van der Waals surface area contributed by atoms with Crippen LogP contribution in [0.5, 0.6) is 0 Å². The molecule has 4 N–H and O–H groups in total. The Balaban J connectivity index is 2.28. The van der Waals surface area contributed by atoms with E-state index in [-0.39, 0.29) is 17.3 Å². The zero-order valence-electron chi connectivity index (χ0n) is 9.79. The Kier molecular flexibility index (Phi) is 2.32. The number of anilines is 2. The first kappa shape index (κ1) is 11.0. The van der Waals surface area contributed by atoms with Crippen LogP contribution in [-0.4, -0.2) is 9.97 Å². The van der Waals surface area contributed by atoms with E-state index in [1.807, 2.05) is 24.3 Å². The Bertz CT molecular complexity index is 816. The molecule has 0 unspecified atom stereocenters. The molecule has 0 aliphatic carbocycles.